The van der Waals surface area contributed by atoms with E-state index in [9.17, 15) is 13.5 Å². The van der Waals surface area contributed by atoms with Crippen molar-refractivity contribution in [1.29, 1.82) is 0 Å². The Balaban J connectivity index is 2.36. The van der Waals surface area contributed by atoms with Crippen molar-refractivity contribution in [3.05, 3.63) is 18.2 Å². The van der Waals surface area contributed by atoms with E-state index in [1.165, 1.54) is 12.1 Å². The molecule has 0 saturated carbocycles. The van der Waals surface area contributed by atoms with Gasteiger partial charge < -0.3 is 14.4 Å². The van der Waals surface area contributed by atoms with Crippen LogP contribution in [0.1, 0.15) is 27.7 Å². The Hall–Kier alpha value is -1.05. The zero-order valence-electron chi connectivity index (χ0n) is 12.3. The van der Waals surface area contributed by atoms with Gasteiger partial charge >= 0.3 is 7.12 Å². The molecule has 1 heterocycles. The van der Waals surface area contributed by atoms with Crippen molar-refractivity contribution >= 4 is 22.4 Å². The number of phenols is 1. The SMILES string of the molecule is CC1(C)OB(c2ccc(S(C)(=O)=O)c(O)c2)OC1(C)C. The van der Waals surface area contributed by atoms with Crippen LogP contribution in [0, 0.1) is 0 Å². The molecule has 2 rings (SSSR count). The third-order valence-electron chi connectivity index (χ3n) is 3.91. The van der Waals surface area contributed by atoms with E-state index in [2.05, 4.69) is 0 Å². The molecule has 1 aliphatic heterocycles. The molecule has 0 spiro atoms. The van der Waals surface area contributed by atoms with Gasteiger partial charge in [0.25, 0.3) is 0 Å². The molecule has 1 saturated heterocycles. The van der Waals surface area contributed by atoms with Crippen LogP contribution in [0.3, 0.4) is 0 Å². The minimum absolute atomic E-state index is 0.0993. The summed E-state index contributed by atoms with van der Waals surface area (Å²) in [6.07, 6.45) is 1.05. The molecule has 0 atom stereocenters. The summed E-state index contributed by atoms with van der Waals surface area (Å²) < 4.78 is 34.6. The molecule has 1 aromatic rings. The number of hydrogen-bond donors (Lipinski definition) is 1. The highest BCUT2D eigenvalue weighted by Crippen LogP contribution is 2.36. The summed E-state index contributed by atoms with van der Waals surface area (Å²) in [6.45, 7) is 7.71. The number of benzene rings is 1. The number of sulfone groups is 1. The normalized spacial score (nSPS) is 21.1. The van der Waals surface area contributed by atoms with E-state index in [1.54, 1.807) is 6.07 Å². The minimum atomic E-state index is -3.45. The number of phenolic OH excluding ortho intramolecular Hbond substituents is 1. The van der Waals surface area contributed by atoms with Crippen LogP contribution in [-0.2, 0) is 19.1 Å². The molecular formula is C13H19BO5S. The molecule has 1 fully saturated rings. The van der Waals surface area contributed by atoms with Crippen LogP contribution < -0.4 is 5.46 Å². The summed E-state index contributed by atoms with van der Waals surface area (Å²) >= 11 is 0. The molecule has 0 amide bonds. The lowest BCUT2D eigenvalue weighted by molar-refractivity contribution is 0.00578. The van der Waals surface area contributed by atoms with E-state index in [1.807, 2.05) is 27.7 Å². The van der Waals surface area contributed by atoms with Crippen molar-refractivity contribution in [2.24, 2.45) is 0 Å². The fourth-order valence-corrected chi connectivity index (χ4v) is 2.73. The average molecular weight is 298 g/mol. The maximum atomic E-state index is 11.5. The van der Waals surface area contributed by atoms with Gasteiger partial charge in [0.15, 0.2) is 9.84 Å². The van der Waals surface area contributed by atoms with Crippen LogP contribution in [0.25, 0.3) is 0 Å². The number of hydrogen-bond acceptors (Lipinski definition) is 5. The van der Waals surface area contributed by atoms with E-state index in [4.69, 9.17) is 9.31 Å². The van der Waals surface area contributed by atoms with Crippen molar-refractivity contribution in [1.82, 2.24) is 0 Å². The van der Waals surface area contributed by atoms with Crippen LogP contribution in [0.4, 0.5) is 0 Å². The van der Waals surface area contributed by atoms with E-state index in [0.717, 1.165) is 6.26 Å². The van der Waals surface area contributed by atoms with Gasteiger partial charge in [-0.15, -0.1) is 0 Å². The summed E-state index contributed by atoms with van der Waals surface area (Å²) in [5, 5.41) is 9.86. The summed E-state index contributed by atoms with van der Waals surface area (Å²) in [7, 11) is -4.08. The molecule has 0 aromatic heterocycles. The van der Waals surface area contributed by atoms with Crippen LogP contribution in [0.2, 0.25) is 0 Å². The van der Waals surface area contributed by atoms with Gasteiger partial charge in [-0.2, -0.15) is 0 Å². The van der Waals surface area contributed by atoms with Gasteiger partial charge in [-0.1, -0.05) is 6.07 Å². The maximum absolute atomic E-state index is 11.5. The lowest BCUT2D eigenvalue weighted by atomic mass is 9.79. The van der Waals surface area contributed by atoms with Gasteiger partial charge in [-0.3, -0.25) is 0 Å². The van der Waals surface area contributed by atoms with Crippen LogP contribution in [0.15, 0.2) is 23.1 Å². The molecule has 1 aliphatic rings. The van der Waals surface area contributed by atoms with E-state index in [-0.39, 0.29) is 10.6 Å². The third-order valence-corrected chi connectivity index (χ3v) is 5.05. The molecule has 20 heavy (non-hydrogen) atoms. The first-order valence-corrected chi connectivity index (χ1v) is 8.22. The van der Waals surface area contributed by atoms with Crippen molar-refractivity contribution in [2.75, 3.05) is 6.26 Å². The van der Waals surface area contributed by atoms with E-state index >= 15 is 0 Å². The first-order valence-electron chi connectivity index (χ1n) is 6.33. The predicted octanol–water partition coefficient (Wildman–Crippen LogP) is 1.09. The predicted molar refractivity (Wildman–Crippen MR) is 76.9 cm³/mol. The first-order chi connectivity index (χ1) is 8.94. The lowest BCUT2D eigenvalue weighted by Crippen LogP contribution is -2.41. The third kappa shape index (κ3) is 2.57. The van der Waals surface area contributed by atoms with Crippen LogP contribution in [-0.4, -0.2) is 38.1 Å². The smallest absolute Gasteiger partial charge is 0.494 e. The molecule has 1 aromatic carbocycles. The Morgan fingerprint density at radius 2 is 1.60 bits per heavy atom. The Labute approximate surface area is 120 Å². The molecule has 7 heteroatoms. The summed E-state index contributed by atoms with van der Waals surface area (Å²) in [5.41, 5.74) is -0.375. The zero-order valence-corrected chi connectivity index (χ0v) is 13.1. The van der Waals surface area contributed by atoms with Crippen molar-refractivity contribution in [3.63, 3.8) is 0 Å². The van der Waals surface area contributed by atoms with Crippen LogP contribution >= 0.6 is 0 Å². The monoisotopic (exact) mass is 298 g/mol. The van der Waals surface area contributed by atoms with Gasteiger partial charge in [0.2, 0.25) is 0 Å². The summed E-state index contributed by atoms with van der Waals surface area (Å²) in [6, 6.07) is 4.34. The van der Waals surface area contributed by atoms with Gasteiger partial charge in [0, 0.05) is 6.26 Å². The zero-order chi connectivity index (χ0) is 15.3. The van der Waals surface area contributed by atoms with Crippen molar-refractivity contribution in [2.45, 2.75) is 43.8 Å². The van der Waals surface area contributed by atoms with Crippen molar-refractivity contribution in [3.8, 4) is 5.75 Å². The molecule has 0 bridgehead atoms. The van der Waals surface area contributed by atoms with Gasteiger partial charge in [0.05, 0.1) is 11.2 Å². The quantitative estimate of drug-likeness (QED) is 0.828. The maximum Gasteiger partial charge on any atom is 0.494 e. The fourth-order valence-electron chi connectivity index (χ4n) is 1.97. The topological polar surface area (TPSA) is 72.8 Å². The molecule has 0 aliphatic carbocycles. The van der Waals surface area contributed by atoms with E-state index in [0.29, 0.717) is 5.46 Å². The minimum Gasteiger partial charge on any atom is -0.507 e. The first kappa shape index (κ1) is 15.3. The Bertz CT molecular complexity index is 620. The fraction of sp³-hybridized carbons (Fsp3) is 0.538. The highest BCUT2D eigenvalue weighted by molar-refractivity contribution is 7.90. The highest BCUT2D eigenvalue weighted by Gasteiger charge is 2.51. The molecule has 0 unspecified atom stereocenters. The highest BCUT2D eigenvalue weighted by atomic mass is 32.2. The van der Waals surface area contributed by atoms with Crippen LogP contribution in [0.5, 0.6) is 5.75 Å². The lowest BCUT2D eigenvalue weighted by Gasteiger charge is -2.32. The van der Waals surface area contributed by atoms with Gasteiger partial charge in [0.1, 0.15) is 10.6 Å². The Kier molecular flexibility index (Phi) is 3.44. The van der Waals surface area contributed by atoms with E-state index < -0.39 is 28.2 Å². The molecule has 5 nitrogen and oxygen atoms in total. The summed E-state index contributed by atoms with van der Waals surface area (Å²) in [5.74, 6) is -0.292. The average Bonchev–Trinajstić information content (AvgIpc) is 2.46. The molecular weight excluding hydrogens is 279 g/mol. The second-order valence-electron chi connectivity index (χ2n) is 6.09. The standard InChI is InChI=1S/C13H19BO5S/c1-12(2)13(3,4)19-14(18-12)9-6-7-11(10(15)8-9)20(5,16)17/h6-8,15H,1-5H3. The second kappa shape index (κ2) is 4.48. The Morgan fingerprint density at radius 3 is 2.00 bits per heavy atom. The van der Waals surface area contributed by atoms with Gasteiger partial charge in [-0.25, -0.2) is 8.42 Å². The van der Waals surface area contributed by atoms with Crippen molar-refractivity contribution < 1.29 is 22.8 Å². The molecule has 110 valence electrons. The second-order valence-corrected chi connectivity index (χ2v) is 8.07. The largest absolute Gasteiger partial charge is 0.507 e. The molecule has 0 radical (unpaired) electrons. The number of rotatable bonds is 2. The Morgan fingerprint density at radius 1 is 1.10 bits per heavy atom. The molecule has 1 N–H and O–H groups in total. The summed E-state index contributed by atoms with van der Waals surface area (Å²) in [4.78, 5) is -0.0993. The number of aromatic hydroxyl groups is 1. The van der Waals surface area contributed by atoms with Gasteiger partial charge in [-0.05, 0) is 45.3 Å².